The van der Waals surface area contributed by atoms with Gasteiger partial charge in [-0.25, -0.2) is 5.32 Å². The fourth-order valence-electron chi connectivity index (χ4n) is 1.19. The van der Waals surface area contributed by atoms with Crippen molar-refractivity contribution in [2.45, 2.75) is 0 Å². The number of ether oxygens (including phenoxy) is 1. The van der Waals surface area contributed by atoms with Crippen LogP contribution in [0.5, 0.6) is 5.75 Å². The number of para-hydroxylation sites is 1. The highest BCUT2D eigenvalue weighted by molar-refractivity contribution is 6.32. The molecule has 0 atom stereocenters. The maximum Gasteiger partial charge on any atom is 0.137 e. The number of halogens is 1. The molecule has 0 bridgehead atoms. The van der Waals surface area contributed by atoms with Crippen molar-refractivity contribution in [2.24, 2.45) is 5.92 Å². The Kier molecular flexibility index (Phi) is 2.71. The summed E-state index contributed by atoms with van der Waals surface area (Å²) in [5, 5.41) is 4.80. The Bertz CT molecular complexity index is 286. The topological polar surface area (TPSA) is 23.3 Å². The average Bonchev–Trinajstić information content (AvgIpc) is 2.05. The van der Waals surface area contributed by atoms with Crippen LogP contribution < -0.4 is 10.1 Å². The molecule has 1 fully saturated rings. The van der Waals surface area contributed by atoms with Crippen molar-refractivity contribution in [3.8, 4) is 5.75 Å². The molecule has 0 N–H and O–H groups in total. The molecular formula is C10H11ClNO. The third-order valence-corrected chi connectivity index (χ3v) is 2.40. The van der Waals surface area contributed by atoms with E-state index in [2.05, 4.69) is 5.32 Å². The Morgan fingerprint density at radius 1 is 1.38 bits per heavy atom. The highest BCUT2D eigenvalue weighted by Crippen LogP contribution is 2.23. The molecule has 3 heteroatoms. The molecule has 0 amide bonds. The van der Waals surface area contributed by atoms with Crippen LogP contribution in [0.25, 0.3) is 0 Å². The summed E-state index contributed by atoms with van der Waals surface area (Å²) in [5.41, 5.74) is 0. The lowest BCUT2D eigenvalue weighted by Crippen LogP contribution is -2.39. The molecule has 0 spiro atoms. The van der Waals surface area contributed by atoms with E-state index in [0.717, 1.165) is 25.4 Å². The van der Waals surface area contributed by atoms with Gasteiger partial charge in [-0.1, -0.05) is 23.7 Å². The first-order valence-electron chi connectivity index (χ1n) is 4.37. The first-order valence-corrected chi connectivity index (χ1v) is 4.74. The van der Waals surface area contributed by atoms with Crippen LogP contribution in [-0.4, -0.2) is 19.7 Å². The van der Waals surface area contributed by atoms with E-state index in [4.69, 9.17) is 16.3 Å². The van der Waals surface area contributed by atoms with Gasteiger partial charge in [-0.15, -0.1) is 0 Å². The number of benzene rings is 1. The van der Waals surface area contributed by atoms with Crippen molar-refractivity contribution in [1.82, 2.24) is 5.32 Å². The van der Waals surface area contributed by atoms with Gasteiger partial charge in [0.2, 0.25) is 0 Å². The maximum absolute atomic E-state index is 5.92. The third-order valence-electron chi connectivity index (χ3n) is 2.09. The zero-order valence-corrected chi connectivity index (χ0v) is 8.00. The highest BCUT2D eigenvalue weighted by Gasteiger charge is 2.18. The summed E-state index contributed by atoms with van der Waals surface area (Å²) >= 11 is 5.92. The molecule has 0 unspecified atom stereocenters. The Labute approximate surface area is 82.9 Å². The van der Waals surface area contributed by atoms with E-state index in [0.29, 0.717) is 10.9 Å². The van der Waals surface area contributed by atoms with Crippen molar-refractivity contribution < 1.29 is 4.74 Å². The first kappa shape index (κ1) is 8.85. The fourth-order valence-corrected chi connectivity index (χ4v) is 1.38. The van der Waals surface area contributed by atoms with Crippen molar-refractivity contribution in [3.63, 3.8) is 0 Å². The molecule has 2 nitrogen and oxygen atoms in total. The van der Waals surface area contributed by atoms with Crippen LogP contribution in [-0.2, 0) is 0 Å². The van der Waals surface area contributed by atoms with Gasteiger partial charge in [-0.2, -0.15) is 0 Å². The Morgan fingerprint density at radius 2 is 2.15 bits per heavy atom. The molecule has 1 aliphatic rings. The maximum atomic E-state index is 5.92. The number of hydrogen-bond donors (Lipinski definition) is 0. The SMILES string of the molecule is Clc1ccccc1OCC1C[N]C1. The summed E-state index contributed by atoms with van der Waals surface area (Å²) in [6.45, 7) is 2.60. The van der Waals surface area contributed by atoms with Crippen molar-refractivity contribution >= 4 is 11.6 Å². The van der Waals surface area contributed by atoms with Gasteiger partial charge in [-0.05, 0) is 12.1 Å². The predicted molar refractivity (Wildman–Crippen MR) is 52.3 cm³/mol. The molecule has 2 rings (SSSR count). The van der Waals surface area contributed by atoms with Gasteiger partial charge in [-0.3, -0.25) is 0 Å². The molecule has 1 aromatic rings. The van der Waals surface area contributed by atoms with Gasteiger partial charge < -0.3 is 4.74 Å². The van der Waals surface area contributed by atoms with E-state index < -0.39 is 0 Å². The number of nitrogens with zero attached hydrogens (tertiary/aromatic N) is 1. The molecule has 13 heavy (non-hydrogen) atoms. The second-order valence-corrected chi connectivity index (χ2v) is 3.60. The van der Waals surface area contributed by atoms with Gasteiger partial charge in [0.15, 0.2) is 0 Å². The quantitative estimate of drug-likeness (QED) is 0.725. The van der Waals surface area contributed by atoms with Crippen LogP contribution in [0, 0.1) is 5.92 Å². The lowest BCUT2D eigenvalue weighted by Gasteiger charge is -2.25. The molecular weight excluding hydrogens is 186 g/mol. The Balaban J connectivity index is 1.89. The van der Waals surface area contributed by atoms with Crippen molar-refractivity contribution in [3.05, 3.63) is 29.3 Å². The van der Waals surface area contributed by atoms with E-state index >= 15 is 0 Å². The van der Waals surface area contributed by atoms with Crippen LogP contribution in [0.15, 0.2) is 24.3 Å². The molecule has 1 radical (unpaired) electrons. The van der Waals surface area contributed by atoms with Gasteiger partial charge in [0.1, 0.15) is 5.75 Å². The van der Waals surface area contributed by atoms with Gasteiger partial charge in [0.25, 0.3) is 0 Å². The molecule has 69 valence electrons. The second kappa shape index (κ2) is 3.99. The number of rotatable bonds is 3. The standard InChI is InChI=1S/C10H11ClNO/c11-9-3-1-2-4-10(9)13-7-8-5-12-6-8/h1-4,8H,5-7H2. The van der Waals surface area contributed by atoms with E-state index in [1.165, 1.54) is 0 Å². The minimum Gasteiger partial charge on any atom is -0.492 e. The zero-order chi connectivity index (χ0) is 9.10. The predicted octanol–water partition coefficient (Wildman–Crippen LogP) is 1.95. The number of hydrogen-bond acceptors (Lipinski definition) is 1. The molecule has 1 saturated heterocycles. The molecule has 0 aliphatic carbocycles. The summed E-state index contributed by atoms with van der Waals surface area (Å²) < 4.78 is 5.55. The van der Waals surface area contributed by atoms with Crippen molar-refractivity contribution in [1.29, 1.82) is 0 Å². The summed E-state index contributed by atoms with van der Waals surface area (Å²) in [6.07, 6.45) is 0. The minimum absolute atomic E-state index is 0.594. The molecule has 1 heterocycles. The smallest absolute Gasteiger partial charge is 0.137 e. The summed E-state index contributed by atoms with van der Waals surface area (Å²) in [4.78, 5) is 0. The fraction of sp³-hybridized carbons (Fsp3) is 0.400. The van der Waals surface area contributed by atoms with Gasteiger partial charge >= 0.3 is 0 Å². The van der Waals surface area contributed by atoms with Crippen LogP contribution in [0.2, 0.25) is 5.02 Å². The molecule has 0 saturated carbocycles. The van der Waals surface area contributed by atoms with E-state index in [1.54, 1.807) is 0 Å². The Hall–Kier alpha value is -0.730. The zero-order valence-electron chi connectivity index (χ0n) is 7.24. The van der Waals surface area contributed by atoms with E-state index in [-0.39, 0.29) is 0 Å². The monoisotopic (exact) mass is 196 g/mol. The molecule has 1 aliphatic heterocycles. The molecule has 1 aromatic carbocycles. The lowest BCUT2D eigenvalue weighted by atomic mass is 10.1. The van der Waals surface area contributed by atoms with Crippen LogP contribution in [0.4, 0.5) is 0 Å². The lowest BCUT2D eigenvalue weighted by molar-refractivity contribution is 0.196. The largest absolute Gasteiger partial charge is 0.492 e. The highest BCUT2D eigenvalue weighted by atomic mass is 35.5. The van der Waals surface area contributed by atoms with Crippen molar-refractivity contribution in [2.75, 3.05) is 19.7 Å². The van der Waals surface area contributed by atoms with E-state index in [9.17, 15) is 0 Å². The normalized spacial score (nSPS) is 16.7. The summed E-state index contributed by atoms with van der Waals surface area (Å²) in [7, 11) is 0. The van der Waals surface area contributed by atoms with Crippen LogP contribution in [0.1, 0.15) is 0 Å². The summed E-state index contributed by atoms with van der Waals surface area (Å²) in [6, 6.07) is 7.54. The molecule has 0 aromatic heterocycles. The summed E-state index contributed by atoms with van der Waals surface area (Å²) in [5.74, 6) is 1.37. The van der Waals surface area contributed by atoms with Gasteiger partial charge in [0, 0.05) is 19.0 Å². The Morgan fingerprint density at radius 3 is 2.77 bits per heavy atom. The van der Waals surface area contributed by atoms with Crippen LogP contribution >= 0.6 is 11.6 Å². The minimum atomic E-state index is 0.594. The van der Waals surface area contributed by atoms with E-state index in [1.807, 2.05) is 24.3 Å². The van der Waals surface area contributed by atoms with Crippen LogP contribution in [0.3, 0.4) is 0 Å². The third kappa shape index (κ3) is 2.14. The first-order chi connectivity index (χ1) is 6.36. The van der Waals surface area contributed by atoms with Gasteiger partial charge in [0.05, 0.1) is 11.6 Å². The second-order valence-electron chi connectivity index (χ2n) is 3.20. The average molecular weight is 197 g/mol.